The Balaban J connectivity index is 2.13. The van der Waals surface area contributed by atoms with Crippen LogP contribution in [0.25, 0.3) is 0 Å². The normalized spacial score (nSPS) is 23.8. The van der Waals surface area contributed by atoms with Crippen LogP contribution in [-0.4, -0.2) is 19.2 Å². The van der Waals surface area contributed by atoms with Gasteiger partial charge in [-0.05, 0) is 24.6 Å². The molecule has 1 fully saturated rings. The lowest BCUT2D eigenvalue weighted by Gasteiger charge is -2.21. The zero-order valence-corrected chi connectivity index (χ0v) is 12.3. The molecule has 18 heavy (non-hydrogen) atoms. The lowest BCUT2D eigenvalue weighted by atomic mass is 9.94. The largest absolute Gasteiger partial charge is 0.373 e. The molecular weight excluding hydrogens is 297 g/mol. The van der Waals surface area contributed by atoms with Crippen LogP contribution >= 0.6 is 15.9 Å². The maximum absolute atomic E-state index is 13.9. The van der Waals surface area contributed by atoms with Crippen molar-refractivity contribution < 1.29 is 9.13 Å². The molecule has 1 aliphatic rings. The van der Waals surface area contributed by atoms with Gasteiger partial charge in [0.25, 0.3) is 0 Å². The molecule has 1 saturated heterocycles. The minimum Gasteiger partial charge on any atom is -0.373 e. The number of hydrogen-bond acceptors (Lipinski definition) is 2. The van der Waals surface area contributed by atoms with E-state index in [1.165, 1.54) is 6.07 Å². The van der Waals surface area contributed by atoms with E-state index < -0.39 is 0 Å². The first-order chi connectivity index (χ1) is 8.58. The van der Waals surface area contributed by atoms with Gasteiger partial charge in [0.05, 0.1) is 6.10 Å². The van der Waals surface area contributed by atoms with E-state index in [1.54, 1.807) is 6.07 Å². The lowest BCUT2D eigenvalue weighted by molar-refractivity contribution is 0.0870. The Labute approximate surface area is 116 Å². The van der Waals surface area contributed by atoms with Crippen LogP contribution in [0.1, 0.15) is 31.9 Å². The van der Waals surface area contributed by atoms with Crippen molar-refractivity contribution in [3.8, 4) is 0 Å². The average molecular weight is 316 g/mol. The smallest absolute Gasteiger partial charge is 0.129 e. The quantitative estimate of drug-likeness (QED) is 0.915. The third kappa shape index (κ3) is 3.31. The van der Waals surface area contributed by atoms with Crippen molar-refractivity contribution in [2.75, 3.05) is 13.2 Å². The average Bonchev–Trinajstić information content (AvgIpc) is 2.77. The molecule has 1 N–H and O–H groups in total. The number of nitrogens with one attached hydrogen (secondary N) is 1. The van der Waals surface area contributed by atoms with Crippen LogP contribution in [0.4, 0.5) is 4.39 Å². The summed E-state index contributed by atoms with van der Waals surface area (Å²) in [7, 11) is 0. The Bertz CT molecular complexity index is 411. The van der Waals surface area contributed by atoms with E-state index in [1.807, 2.05) is 6.07 Å². The van der Waals surface area contributed by atoms with Gasteiger partial charge in [0.2, 0.25) is 0 Å². The molecule has 0 aliphatic carbocycles. The summed E-state index contributed by atoms with van der Waals surface area (Å²) in [6, 6.07) is 5.48. The predicted molar refractivity (Wildman–Crippen MR) is 74.0 cm³/mol. The maximum atomic E-state index is 13.9. The zero-order chi connectivity index (χ0) is 13.1. The molecule has 1 aromatic carbocycles. The van der Waals surface area contributed by atoms with Gasteiger partial charge in [0.1, 0.15) is 5.82 Å². The minimum absolute atomic E-state index is 0.131. The molecule has 4 heteroatoms. The highest BCUT2D eigenvalue weighted by molar-refractivity contribution is 9.10. The third-order valence-electron chi connectivity index (χ3n) is 3.27. The summed E-state index contributed by atoms with van der Waals surface area (Å²) in [5.41, 5.74) is 0.664. The molecule has 0 radical (unpaired) electrons. The van der Waals surface area contributed by atoms with Crippen LogP contribution in [0.15, 0.2) is 22.7 Å². The topological polar surface area (TPSA) is 21.3 Å². The fraction of sp³-hybridized carbons (Fsp3) is 0.571. The monoisotopic (exact) mass is 315 g/mol. The molecular formula is C14H19BrFNO. The van der Waals surface area contributed by atoms with Crippen LogP contribution < -0.4 is 5.32 Å². The predicted octanol–water partition coefficient (Wildman–Crippen LogP) is 3.66. The van der Waals surface area contributed by atoms with Gasteiger partial charge in [0.15, 0.2) is 0 Å². The molecule has 0 bridgehead atoms. The number of halogens is 2. The second-order valence-electron chi connectivity index (χ2n) is 5.07. The molecule has 1 heterocycles. The molecule has 2 rings (SSSR count). The molecule has 2 unspecified atom stereocenters. The SMILES string of the molecule is CC(C)NCC1CCOC1c1cc(Br)ccc1F. The summed E-state index contributed by atoms with van der Waals surface area (Å²) >= 11 is 3.39. The Morgan fingerprint density at radius 3 is 3.00 bits per heavy atom. The van der Waals surface area contributed by atoms with Gasteiger partial charge in [-0.3, -0.25) is 0 Å². The van der Waals surface area contributed by atoms with Crippen molar-refractivity contribution in [3.63, 3.8) is 0 Å². The summed E-state index contributed by atoms with van der Waals surface area (Å²) in [6.07, 6.45) is 0.852. The molecule has 1 aromatic rings. The van der Waals surface area contributed by atoms with E-state index in [-0.39, 0.29) is 11.9 Å². The number of benzene rings is 1. The summed E-state index contributed by atoms with van der Waals surface area (Å²) < 4.78 is 20.5. The van der Waals surface area contributed by atoms with Crippen LogP contribution in [0.3, 0.4) is 0 Å². The van der Waals surface area contributed by atoms with Gasteiger partial charge in [-0.25, -0.2) is 4.39 Å². The first-order valence-electron chi connectivity index (χ1n) is 6.38. The highest BCUT2D eigenvalue weighted by Gasteiger charge is 2.31. The Hall–Kier alpha value is -0.450. The molecule has 0 amide bonds. The van der Waals surface area contributed by atoms with Crippen molar-refractivity contribution in [2.24, 2.45) is 5.92 Å². The van der Waals surface area contributed by atoms with Gasteiger partial charge in [-0.15, -0.1) is 0 Å². The lowest BCUT2D eigenvalue weighted by Crippen LogP contribution is -2.30. The van der Waals surface area contributed by atoms with E-state index in [0.717, 1.165) is 17.4 Å². The standard InChI is InChI=1S/C14H19BrFNO/c1-9(2)17-8-10-5-6-18-14(10)12-7-11(15)3-4-13(12)16/h3-4,7,9-10,14,17H,5-6,8H2,1-2H3. The molecule has 1 aliphatic heterocycles. The molecule has 0 saturated carbocycles. The highest BCUT2D eigenvalue weighted by atomic mass is 79.9. The Morgan fingerprint density at radius 1 is 1.50 bits per heavy atom. The molecule has 0 aromatic heterocycles. The summed E-state index contributed by atoms with van der Waals surface area (Å²) in [5.74, 6) is 0.163. The summed E-state index contributed by atoms with van der Waals surface area (Å²) in [4.78, 5) is 0. The van der Waals surface area contributed by atoms with Gasteiger partial charge in [-0.1, -0.05) is 29.8 Å². The van der Waals surface area contributed by atoms with Crippen molar-refractivity contribution in [1.29, 1.82) is 0 Å². The van der Waals surface area contributed by atoms with Gasteiger partial charge in [0, 0.05) is 35.1 Å². The van der Waals surface area contributed by atoms with E-state index in [2.05, 4.69) is 35.1 Å². The second kappa shape index (κ2) is 6.13. The van der Waals surface area contributed by atoms with Gasteiger partial charge >= 0.3 is 0 Å². The van der Waals surface area contributed by atoms with Crippen LogP contribution in [-0.2, 0) is 4.74 Å². The molecule has 2 atom stereocenters. The van der Waals surface area contributed by atoms with Crippen molar-refractivity contribution >= 4 is 15.9 Å². The van der Waals surface area contributed by atoms with Crippen molar-refractivity contribution in [3.05, 3.63) is 34.1 Å². The van der Waals surface area contributed by atoms with Crippen LogP contribution in [0, 0.1) is 11.7 Å². The van der Waals surface area contributed by atoms with Crippen LogP contribution in [0.2, 0.25) is 0 Å². The van der Waals surface area contributed by atoms with Crippen molar-refractivity contribution in [1.82, 2.24) is 5.32 Å². The summed E-state index contributed by atoms with van der Waals surface area (Å²) in [6.45, 7) is 5.81. The number of rotatable bonds is 4. The maximum Gasteiger partial charge on any atom is 0.129 e. The Morgan fingerprint density at radius 2 is 2.28 bits per heavy atom. The van der Waals surface area contributed by atoms with E-state index in [9.17, 15) is 4.39 Å². The Kier molecular flexibility index (Phi) is 4.76. The van der Waals surface area contributed by atoms with Crippen LogP contribution in [0.5, 0.6) is 0 Å². The zero-order valence-electron chi connectivity index (χ0n) is 10.7. The minimum atomic E-state index is -0.181. The first-order valence-corrected chi connectivity index (χ1v) is 7.17. The number of ether oxygens (including phenoxy) is 1. The van der Waals surface area contributed by atoms with Crippen molar-refractivity contribution in [2.45, 2.75) is 32.4 Å². The second-order valence-corrected chi connectivity index (χ2v) is 5.98. The first kappa shape index (κ1) is 14.0. The van der Waals surface area contributed by atoms with E-state index in [0.29, 0.717) is 24.1 Å². The fourth-order valence-corrected chi connectivity index (χ4v) is 2.69. The van der Waals surface area contributed by atoms with E-state index in [4.69, 9.17) is 4.74 Å². The molecule has 2 nitrogen and oxygen atoms in total. The third-order valence-corrected chi connectivity index (χ3v) is 3.76. The van der Waals surface area contributed by atoms with Gasteiger partial charge < -0.3 is 10.1 Å². The highest BCUT2D eigenvalue weighted by Crippen LogP contribution is 2.36. The van der Waals surface area contributed by atoms with E-state index >= 15 is 0 Å². The molecule has 100 valence electrons. The van der Waals surface area contributed by atoms with Gasteiger partial charge in [-0.2, -0.15) is 0 Å². The fourth-order valence-electron chi connectivity index (χ4n) is 2.31. The number of hydrogen-bond donors (Lipinski definition) is 1. The summed E-state index contributed by atoms with van der Waals surface area (Å²) in [5, 5.41) is 3.41. The molecule has 0 spiro atoms.